The molecule has 2 rings (SSSR count). The van der Waals surface area contributed by atoms with E-state index in [2.05, 4.69) is 19.1 Å². The number of phosphoric ester groups is 1. The second-order valence-corrected chi connectivity index (χ2v) is 10.7. The van der Waals surface area contributed by atoms with Gasteiger partial charge in [0.05, 0.1) is 6.61 Å². The summed E-state index contributed by atoms with van der Waals surface area (Å²) in [5.41, 5.74) is 3.14. The number of aromatic nitrogens is 2. The number of H-pyrrole nitrogens is 1. The summed E-state index contributed by atoms with van der Waals surface area (Å²) in [7, 11) is -16.9. The van der Waals surface area contributed by atoms with Crippen LogP contribution in [0.15, 0.2) is 15.8 Å². The second kappa shape index (κ2) is 10.3. The average molecular weight is 537 g/mol. The van der Waals surface area contributed by atoms with Gasteiger partial charge < -0.3 is 40.3 Å². The Balaban J connectivity index is 2.15. The minimum atomic E-state index is -5.76. The predicted octanol–water partition coefficient (Wildman–Crippen LogP) is -3.04. The van der Waals surface area contributed by atoms with Crippen molar-refractivity contribution in [2.45, 2.75) is 31.0 Å². The van der Waals surface area contributed by atoms with E-state index in [-0.39, 0.29) is 12.0 Å². The quantitative estimate of drug-likeness (QED) is 0.0882. The highest BCUT2D eigenvalue weighted by Gasteiger charge is 2.46. The molecular weight excluding hydrogens is 519 g/mol. The number of hydrogen-bond donors (Lipinski definition) is 8. The van der Waals surface area contributed by atoms with Crippen LogP contribution in [-0.4, -0.2) is 64.3 Å². The van der Waals surface area contributed by atoms with Crippen LogP contribution in [0.1, 0.15) is 11.8 Å². The van der Waals surface area contributed by atoms with Gasteiger partial charge >= 0.3 is 29.2 Å². The summed E-state index contributed by atoms with van der Waals surface area (Å²) in [6.07, 6.45) is -6.10. The first-order valence-corrected chi connectivity index (χ1v) is 12.9. The SMILES string of the molecule is NC#CCc1cn([C@@H]2O[C@H](COP(=O)(O)OP(=O)(O)OP(=O)(O)O)[C@@H](O)[C@H]2O)c(=O)[nH]c1=O. The zero-order chi connectivity index (χ0) is 25.2. The summed E-state index contributed by atoms with van der Waals surface area (Å²) < 4.78 is 51.0. The molecule has 21 heteroatoms. The third-order valence-electron chi connectivity index (χ3n) is 3.85. The minimum absolute atomic E-state index is 0.0467. The highest BCUT2D eigenvalue weighted by Crippen LogP contribution is 2.66. The average Bonchev–Trinajstić information content (AvgIpc) is 2.91. The van der Waals surface area contributed by atoms with E-state index < -0.39 is 65.9 Å². The van der Waals surface area contributed by atoms with Crippen LogP contribution in [0.2, 0.25) is 0 Å². The maximum atomic E-state index is 12.1. The standard InChI is InChI=1S/C12H18N3O15P3/c13-3-1-2-6-4-15(12(19)14-10(6)18)11-9(17)8(16)7(28-11)5-27-32(23,24)30-33(25,26)29-31(20,21)22/h4,7-9,11,16-17H,2,5,13H2,(H,23,24)(H,25,26)(H,14,18,19)(H2,20,21,22)/t7-,8-,9-,11-/m1/s1. The Labute approximate surface area is 183 Å². The monoisotopic (exact) mass is 537 g/mol. The summed E-state index contributed by atoms with van der Waals surface area (Å²) in [6.45, 7) is -1.08. The van der Waals surface area contributed by atoms with Crippen molar-refractivity contribution in [3.8, 4) is 12.0 Å². The number of rotatable bonds is 9. The molecule has 6 atom stereocenters. The molecule has 1 aromatic heterocycles. The first-order valence-electron chi connectivity index (χ1n) is 8.38. The lowest BCUT2D eigenvalue weighted by Crippen LogP contribution is -2.38. The molecule has 0 bridgehead atoms. The zero-order valence-corrected chi connectivity index (χ0v) is 18.7. The Kier molecular flexibility index (Phi) is 8.61. The maximum Gasteiger partial charge on any atom is 0.490 e. The van der Waals surface area contributed by atoms with Gasteiger partial charge in [-0.2, -0.15) is 8.62 Å². The van der Waals surface area contributed by atoms with Crippen LogP contribution in [0.5, 0.6) is 0 Å². The van der Waals surface area contributed by atoms with Gasteiger partial charge in [-0.15, -0.1) is 0 Å². The topological polar surface area (TPSA) is 290 Å². The number of nitrogens with two attached hydrogens (primary N) is 1. The van der Waals surface area contributed by atoms with Crippen molar-refractivity contribution in [1.82, 2.24) is 9.55 Å². The Bertz CT molecular complexity index is 1190. The molecule has 186 valence electrons. The van der Waals surface area contributed by atoms with Crippen LogP contribution in [0.3, 0.4) is 0 Å². The molecule has 1 aliphatic heterocycles. The van der Waals surface area contributed by atoms with Gasteiger partial charge in [0, 0.05) is 24.2 Å². The first kappa shape index (κ1) is 27.6. The summed E-state index contributed by atoms with van der Waals surface area (Å²) >= 11 is 0. The van der Waals surface area contributed by atoms with Crippen LogP contribution in [0.4, 0.5) is 0 Å². The van der Waals surface area contributed by atoms with Crippen molar-refractivity contribution in [2.75, 3.05) is 6.61 Å². The molecule has 0 radical (unpaired) electrons. The lowest BCUT2D eigenvalue weighted by atomic mass is 10.1. The number of aliphatic hydroxyl groups excluding tert-OH is 2. The van der Waals surface area contributed by atoms with Crippen molar-refractivity contribution in [2.24, 2.45) is 5.73 Å². The van der Waals surface area contributed by atoms with E-state index in [9.17, 15) is 38.4 Å². The molecule has 0 aliphatic carbocycles. The fourth-order valence-corrected chi connectivity index (χ4v) is 5.59. The van der Waals surface area contributed by atoms with Crippen molar-refractivity contribution in [3.05, 3.63) is 32.6 Å². The third kappa shape index (κ3) is 7.67. The molecule has 0 amide bonds. The van der Waals surface area contributed by atoms with Crippen LogP contribution >= 0.6 is 23.5 Å². The number of ether oxygens (including phenoxy) is 1. The van der Waals surface area contributed by atoms with E-state index in [0.29, 0.717) is 4.57 Å². The summed E-state index contributed by atoms with van der Waals surface area (Å²) in [4.78, 5) is 61.4. The van der Waals surface area contributed by atoms with Gasteiger partial charge in [-0.1, -0.05) is 5.92 Å². The van der Waals surface area contributed by atoms with Gasteiger partial charge in [0.15, 0.2) is 6.23 Å². The fraction of sp³-hybridized carbons (Fsp3) is 0.500. The summed E-state index contributed by atoms with van der Waals surface area (Å²) in [6, 6.07) is 2.05. The van der Waals surface area contributed by atoms with Crippen molar-refractivity contribution in [1.29, 1.82) is 0 Å². The van der Waals surface area contributed by atoms with E-state index in [0.717, 1.165) is 6.20 Å². The molecule has 1 fully saturated rings. The smallest absolute Gasteiger partial charge is 0.387 e. The fourth-order valence-electron chi connectivity index (χ4n) is 2.56. The number of nitrogens with zero attached hydrogens (tertiary/aromatic N) is 1. The van der Waals surface area contributed by atoms with E-state index in [4.69, 9.17) is 25.2 Å². The molecule has 33 heavy (non-hydrogen) atoms. The molecule has 0 spiro atoms. The Morgan fingerprint density at radius 1 is 1.09 bits per heavy atom. The van der Waals surface area contributed by atoms with Gasteiger partial charge in [-0.05, 0) is 0 Å². The van der Waals surface area contributed by atoms with Crippen molar-refractivity contribution < 1.29 is 61.4 Å². The number of phosphoric acid groups is 3. The largest absolute Gasteiger partial charge is 0.490 e. The maximum absolute atomic E-state index is 12.1. The van der Waals surface area contributed by atoms with Crippen LogP contribution < -0.4 is 17.0 Å². The van der Waals surface area contributed by atoms with E-state index in [1.165, 1.54) is 0 Å². The normalized spacial score (nSPS) is 26.7. The first-order chi connectivity index (χ1) is 15.1. The molecule has 1 saturated heterocycles. The van der Waals surface area contributed by atoms with Crippen molar-refractivity contribution >= 4 is 23.5 Å². The Morgan fingerprint density at radius 2 is 1.73 bits per heavy atom. The number of nitrogens with one attached hydrogen (secondary N) is 1. The lowest BCUT2D eigenvalue weighted by molar-refractivity contribution is -0.0543. The zero-order valence-electron chi connectivity index (χ0n) is 16.0. The number of hydrogen-bond acceptors (Lipinski definition) is 12. The molecule has 1 aliphatic rings. The van der Waals surface area contributed by atoms with E-state index >= 15 is 0 Å². The highest BCUT2D eigenvalue weighted by atomic mass is 31.3. The second-order valence-electron chi connectivity index (χ2n) is 6.25. The van der Waals surface area contributed by atoms with Crippen LogP contribution in [0.25, 0.3) is 0 Å². The van der Waals surface area contributed by atoms with Crippen molar-refractivity contribution in [3.63, 3.8) is 0 Å². The molecule has 0 aromatic carbocycles. The molecule has 9 N–H and O–H groups in total. The lowest BCUT2D eigenvalue weighted by Gasteiger charge is -2.19. The summed E-state index contributed by atoms with van der Waals surface area (Å²) in [5.74, 6) is 2.39. The molecule has 2 unspecified atom stereocenters. The van der Waals surface area contributed by atoms with E-state index in [1.807, 2.05) is 11.0 Å². The Hall–Kier alpha value is -1.67. The predicted molar refractivity (Wildman–Crippen MR) is 103 cm³/mol. The Morgan fingerprint density at radius 3 is 2.30 bits per heavy atom. The molecular formula is C12H18N3O15P3. The van der Waals surface area contributed by atoms with Crippen LogP contribution in [0, 0.1) is 12.0 Å². The van der Waals surface area contributed by atoms with Gasteiger partial charge in [0.2, 0.25) is 0 Å². The molecule has 18 nitrogen and oxygen atoms in total. The van der Waals surface area contributed by atoms with E-state index in [1.54, 1.807) is 0 Å². The third-order valence-corrected chi connectivity index (χ3v) is 7.65. The van der Waals surface area contributed by atoms with Gasteiger partial charge in [0.25, 0.3) is 5.56 Å². The number of aromatic amines is 1. The number of aliphatic hydroxyl groups is 2. The van der Waals surface area contributed by atoms with Gasteiger partial charge in [-0.3, -0.25) is 18.9 Å². The van der Waals surface area contributed by atoms with Gasteiger partial charge in [0.1, 0.15) is 18.3 Å². The molecule has 0 saturated carbocycles. The van der Waals surface area contributed by atoms with Gasteiger partial charge in [-0.25, -0.2) is 18.5 Å². The van der Waals surface area contributed by atoms with Crippen LogP contribution in [-0.2, 0) is 38.0 Å². The highest BCUT2D eigenvalue weighted by molar-refractivity contribution is 7.66. The summed E-state index contributed by atoms with van der Waals surface area (Å²) in [5, 5.41) is 20.3. The molecule has 2 heterocycles. The molecule has 1 aromatic rings. The minimum Gasteiger partial charge on any atom is -0.387 e.